The molecule has 1 unspecified atom stereocenters. The van der Waals surface area contributed by atoms with Crippen LogP contribution < -0.4 is 0 Å². The van der Waals surface area contributed by atoms with Gasteiger partial charge in [-0.15, -0.1) is 0 Å². The highest BCUT2D eigenvalue weighted by Crippen LogP contribution is 2.11. The van der Waals surface area contributed by atoms with Gasteiger partial charge < -0.3 is 10.2 Å². The molecule has 2 nitrogen and oxygen atoms in total. The van der Waals surface area contributed by atoms with Crippen molar-refractivity contribution in [2.75, 3.05) is 13.2 Å². The van der Waals surface area contributed by atoms with Crippen molar-refractivity contribution in [1.82, 2.24) is 0 Å². The zero-order valence-corrected chi connectivity index (χ0v) is 16.3. The lowest BCUT2D eigenvalue weighted by molar-refractivity contribution is 0.258. The van der Waals surface area contributed by atoms with Gasteiger partial charge in [0.2, 0.25) is 0 Å². The second-order valence-electron chi connectivity index (χ2n) is 7.02. The van der Waals surface area contributed by atoms with E-state index in [0.717, 1.165) is 25.7 Å². The van der Waals surface area contributed by atoms with Crippen molar-refractivity contribution >= 4 is 0 Å². The van der Waals surface area contributed by atoms with Crippen molar-refractivity contribution < 1.29 is 10.2 Å². The fraction of sp³-hybridized carbons (Fsp3) is 0.500. The molecule has 0 aromatic heterocycles. The maximum atomic E-state index is 8.73. The first-order chi connectivity index (χ1) is 12.8. The van der Waals surface area contributed by atoms with E-state index in [1.165, 1.54) is 36.8 Å². The van der Waals surface area contributed by atoms with Gasteiger partial charge in [-0.25, -0.2) is 0 Å². The lowest BCUT2D eigenvalue weighted by atomic mass is 9.99. The number of aliphatic hydroxyl groups is 2. The van der Waals surface area contributed by atoms with Crippen LogP contribution in [0, 0.1) is 5.92 Å². The van der Waals surface area contributed by atoms with E-state index in [2.05, 4.69) is 61.5 Å². The van der Waals surface area contributed by atoms with Crippen molar-refractivity contribution in [2.45, 2.75) is 58.3 Å². The van der Waals surface area contributed by atoms with Gasteiger partial charge in [0.05, 0.1) is 0 Å². The SMILES string of the molecule is CC(CCO)CCc1ccccc1.OCCCCCCc1ccccc1. The van der Waals surface area contributed by atoms with Crippen LogP contribution in [0.15, 0.2) is 60.7 Å². The van der Waals surface area contributed by atoms with Crippen LogP contribution in [0.5, 0.6) is 0 Å². The van der Waals surface area contributed by atoms with Gasteiger partial charge in [-0.05, 0) is 55.6 Å². The molecule has 1 atom stereocenters. The minimum atomic E-state index is 0.315. The summed E-state index contributed by atoms with van der Waals surface area (Å²) in [4.78, 5) is 0. The Labute approximate surface area is 159 Å². The zero-order chi connectivity index (χ0) is 18.9. The molecular weight excluding hydrogens is 320 g/mol. The molecule has 0 aliphatic carbocycles. The first-order valence-electron chi connectivity index (χ1n) is 10.1. The lowest BCUT2D eigenvalue weighted by Gasteiger charge is -2.08. The van der Waals surface area contributed by atoms with E-state index < -0.39 is 0 Å². The van der Waals surface area contributed by atoms with Crippen LogP contribution in [-0.2, 0) is 12.8 Å². The average molecular weight is 357 g/mol. The summed E-state index contributed by atoms with van der Waals surface area (Å²) in [6, 6.07) is 21.1. The molecule has 0 aliphatic heterocycles. The van der Waals surface area contributed by atoms with Crippen LogP contribution >= 0.6 is 0 Å². The molecular formula is C24H36O2. The molecule has 0 saturated carbocycles. The molecule has 0 aliphatic rings. The van der Waals surface area contributed by atoms with Crippen molar-refractivity contribution in [3.63, 3.8) is 0 Å². The normalized spacial score (nSPS) is 11.5. The first kappa shape index (κ1) is 22.4. The summed E-state index contributed by atoms with van der Waals surface area (Å²) in [5, 5.41) is 17.3. The second-order valence-corrected chi connectivity index (χ2v) is 7.02. The molecule has 0 heterocycles. The minimum absolute atomic E-state index is 0.315. The summed E-state index contributed by atoms with van der Waals surface area (Å²) in [5.41, 5.74) is 2.82. The summed E-state index contributed by atoms with van der Waals surface area (Å²) in [5.74, 6) is 0.630. The predicted octanol–water partition coefficient (Wildman–Crippen LogP) is 5.42. The minimum Gasteiger partial charge on any atom is -0.396 e. The van der Waals surface area contributed by atoms with Gasteiger partial charge in [0, 0.05) is 13.2 Å². The topological polar surface area (TPSA) is 40.5 Å². The van der Waals surface area contributed by atoms with Gasteiger partial charge in [0.25, 0.3) is 0 Å². The molecule has 0 bridgehead atoms. The quantitative estimate of drug-likeness (QED) is 0.528. The van der Waals surface area contributed by atoms with Crippen molar-refractivity contribution in [1.29, 1.82) is 0 Å². The fourth-order valence-electron chi connectivity index (χ4n) is 2.86. The van der Waals surface area contributed by atoms with E-state index in [1.54, 1.807) is 0 Å². The lowest BCUT2D eigenvalue weighted by Crippen LogP contribution is -1.99. The molecule has 26 heavy (non-hydrogen) atoms. The highest BCUT2D eigenvalue weighted by molar-refractivity contribution is 5.15. The summed E-state index contributed by atoms with van der Waals surface area (Å²) >= 11 is 0. The van der Waals surface area contributed by atoms with E-state index in [1.807, 2.05) is 6.07 Å². The van der Waals surface area contributed by atoms with E-state index in [0.29, 0.717) is 19.1 Å². The van der Waals surface area contributed by atoms with E-state index in [9.17, 15) is 0 Å². The number of unbranched alkanes of at least 4 members (excludes halogenated alkanes) is 3. The number of hydrogen-bond acceptors (Lipinski definition) is 2. The van der Waals surface area contributed by atoms with Gasteiger partial charge in [0.1, 0.15) is 0 Å². The van der Waals surface area contributed by atoms with Crippen LogP contribution in [0.2, 0.25) is 0 Å². The van der Waals surface area contributed by atoms with Gasteiger partial charge in [-0.3, -0.25) is 0 Å². The number of benzene rings is 2. The number of aliphatic hydroxyl groups excluding tert-OH is 2. The molecule has 2 N–H and O–H groups in total. The molecule has 2 aromatic carbocycles. The summed E-state index contributed by atoms with van der Waals surface area (Å²) < 4.78 is 0. The molecule has 0 saturated heterocycles. The zero-order valence-electron chi connectivity index (χ0n) is 16.3. The molecule has 0 fully saturated rings. The summed E-state index contributed by atoms with van der Waals surface area (Å²) in [7, 11) is 0. The third-order valence-corrected chi connectivity index (χ3v) is 4.61. The highest BCUT2D eigenvalue weighted by atomic mass is 16.3. The Kier molecular flexibility index (Phi) is 13.4. The monoisotopic (exact) mass is 356 g/mol. The van der Waals surface area contributed by atoms with Crippen LogP contribution in [0.3, 0.4) is 0 Å². The van der Waals surface area contributed by atoms with Crippen molar-refractivity contribution in [3.05, 3.63) is 71.8 Å². The van der Waals surface area contributed by atoms with Crippen LogP contribution in [0.1, 0.15) is 56.6 Å². The summed E-state index contributed by atoms with van der Waals surface area (Å²) in [6.45, 7) is 2.85. The maximum absolute atomic E-state index is 8.73. The van der Waals surface area contributed by atoms with Crippen LogP contribution in [0.4, 0.5) is 0 Å². The number of aryl methyl sites for hydroxylation is 2. The Morgan fingerprint density at radius 2 is 1.15 bits per heavy atom. The fourth-order valence-corrected chi connectivity index (χ4v) is 2.86. The molecule has 0 radical (unpaired) electrons. The Morgan fingerprint density at radius 1 is 0.615 bits per heavy atom. The molecule has 0 spiro atoms. The van der Waals surface area contributed by atoms with Crippen LogP contribution in [0.25, 0.3) is 0 Å². The van der Waals surface area contributed by atoms with Crippen LogP contribution in [-0.4, -0.2) is 23.4 Å². The number of hydrogen-bond donors (Lipinski definition) is 2. The second kappa shape index (κ2) is 15.6. The van der Waals surface area contributed by atoms with Crippen molar-refractivity contribution in [3.8, 4) is 0 Å². The molecule has 2 heteroatoms. The van der Waals surface area contributed by atoms with E-state index in [4.69, 9.17) is 10.2 Å². The molecule has 144 valence electrons. The average Bonchev–Trinajstić information content (AvgIpc) is 2.69. The predicted molar refractivity (Wildman–Crippen MR) is 111 cm³/mol. The Bertz CT molecular complexity index is 524. The molecule has 2 aromatic rings. The Hall–Kier alpha value is -1.64. The first-order valence-corrected chi connectivity index (χ1v) is 10.1. The smallest absolute Gasteiger partial charge is 0.0433 e. The van der Waals surface area contributed by atoms with Gasteiger partial charge in [-0.1, -0.05) is 80.4 Å². The molecule has 2 rings (SSSR count). The number of rotatable bonds is 11. The summed E-state index contributed by atoms with van der Waals surface area (Å²) in [6.07, 6.45) is 8.98. The van der Waals surface area contributed by atoms with Crippen molar-refractivity contribution in [2.24, 2.45) is 5.92 Å². The van der Waals surface area contributed by atoms with Gasteiger partial charge >= 0.3 is 0 Å². The maximum Gasteiger partial charge on any atom is 0.0433 e. The third kappa shape index (κ3) is 11.8. The largest absolute Gasteiger partial charge is 0.396 e. The third-order valence-electron chi connectivity index (χ3n) is 4.61. The van der Waals surface area contributed by atoms with Gasteiger partial charge in [-0.2, -0.15) is 0 Å². The standard InChI is InChI=1S/2C12H18O/c1-11(9-10-13)7-8-12-5-3-2-4-6-12;13-11-7-2-1-4-8-12-9-5-3-6-10-12/h2-6,11,13H,7-10H2,1H3;3,5-6,9-10,13H,1-2,4,7-8,11H2. The van der Waals surface area contributed by atoms with Gasteiger partial charge in [0.15, 0.2) is 0 Å². The van der Waals surface area contributed by atoms with E-state index in [-0.39, 0.29) is 0 Å². The highest BCUT2D eigenvalue weighted by Gasteiger charge is 2.01. The molecule has 0 amide bonds. The Morgan fingerprint density at radius 3 is 1.69 bits per heavy atom. The Balaban J connectivity index is 0.000000260. The van der Waals surface area contributed by atoms with E-state index >= 15 is 0 Å².